The molecular weight excluding hydrogens is 358 g/mol. The Morgan fingerprint density at radius 2 is 1.85 bits per heavy atom. The Hall–Kier alpha value is -2.68. The molecule has 0 radical (unpaired) electrons. The average Bonchev–Trinajstić information content (AvgIpc) is 2.97. The Bertz CT molecular complexity index is 990. The van der Waals surface area contributed by atoms with Gasteiger partial charge in [-0.25, -0.2) is 13.2 Å². The van der Waals surface area contributed by atoms with E-state index in [1.807, 2.05) is 0 Å². The SMILES string of the molecule is Cc1cc(S(C)(=O)=O)cc(C(=O)Nc2cnn(C(C)(C)C(=O)O)c2)c1C. The summed E-state index contributed by atoms with van der Waals surface area (Å²) in [7, 11) is -3.46. The van der Waals surface area contributed by atoms with Crippen LogP contribution in [0.25, 0.3) is 0 Å². The Kier molecular flexibility index (Phi) is 4.96. The number of carboxylic acid groups (broad SMARTS) is 1. The number of hydrogen-bond donors (Lipinski definition) is 2. The molecule has 0 bridgehead atoms. The number of sulfone groups is 1. The summed E-state index contributed by atoms with van der Waals surface area (Å²) in [5.74, 6) is -1.56. The summed E-state index contributed by atoms with van der Waals surface area (Å²) in [5, 5.41) is 15.8. The highest BCUT2D eigenvalue weighted by atomic mass is 32.2. The van der Waals surface area contributed by atoms with Crippen molar-refractivity contribution in [3.05, 3.63) is 41.2 Å². The van der Waals surface area contributed by atoms with E-state index in [4.69, 9.17) is 0 Å². The maximum atomic E-state index is 12.6. The second-order valence-corrected chi connectivity index (χ2v) is 8.69. The third-order valence-corrected chi connectivity index (χ3v) is 5.34. The molecule has 9 heteroatoms. The number of benzene rings is 1. The zero-order chi connectivity index (χ0) is 19.9. The van der Waals surface area contributed by atoms with Gasteiger partial charge in [0.25, 0.3) is 5.91 Å². The van der Waals surface area contributed by atoms with Gasteiger partial charge >= 0.3 is 5.97 Å². The number of carboxylic acids is 1. The standard InChI is InChI=1S/C17H21N3O5S/c1-10-6-13(26(5,24)25)7-14(11(10)2)15(21)19-12-8-18-20(9-12)17(3,4)16(22)23/h6-9H,1-5H3,(H,19,21)(H,22,23). The molecule has 0 aliphatic rings. The molecular formula is C17H21N3O5S. The molecule has 26 heavy (non-hydrogen) atoms. The Balaban J connectivity index is 2.36. The van der Waals surface area contributed by atoms with E-state index in [2.05, 4.69) is 10.4 Å². The van der Waals surface area contributed by atoms with Gasteiger partial charge in [0.15, 0.2) is 15.4 Å². The van der Waals surface area contributed by atoms with Crippen molar-refractivity contribution >= 4 is 27.4 Å². The number of nitrogens with zero attached hydrogens (tertiary/aromatic N) is 2. The number of aliphatic carboxylic acids is 1. The summed E-state index contributed by atoms with van der Waals surface area (Å²) >= 11 is 0. The highest BCUT2D eigenvalue weighted by Crippen LogP contribution is 2.22. The monoisotopic (exact) mass is 379 g/mol. The van der Waals surface area contributed by atoms with E-state index in [-0.39, 0.29) is 10.5 Å². The van der Waals surface area contributed by atoms with Crippen LogP contribution in [0.5, 0.6) is 0 Å². The molecule has 2 aromatic rings. The van der Waals surface area contributed by atoms with Gasteiger partial charge in [-0.3, -0.25) is 9.48 Å². The first-order valence-electron chi connectivity index (χ1n) is 7.75. The molecule has 0 aliphatic heterocycles. The van der Waals surface area contributed by atoms with Crippen LogP contribution in [0.2, 0.25) is 0 Å². The van der Waals surface area contributed by atoms with Gasteiger partial charge in [0.05, 0.1) is 16.8 Å². The number of aromatic nitrogens is 2. The molecule has 0 spiro atoms. The average molecular weight is 379 g/mol. The van der Waals surface area contributed by atoms with E-state index in [0.29, 0.717) is 16.8 Å². The normalized spacial score (nSPS) is 12.0. The van der Waals surface area contributed by atoms with E-state index in [1.54, 1.807) is 13.8 Å². The number of carbonyl (C=O) groups excluding carboxylic acids is 1. The predicted molar refractivity (Wildman–Crippen MR) is 96.2 cm³/mol. The van der Waals surface area contributed by atoms with Gasteiger partial charge in [0, 0.05) is 18.0 Å². The summed E-state index contributed by atoms with van der Waals surface area (Å²) < 4.78 is 24.8. The van der Waals surface area contributed by atoms with Crippen LogP contribution in [0.1, 0.15) is 35.3 Å². The zero-order valence-electron chi connectivity index (χ0n) is 15.2. The van der Waals surface area contributed by atoms with Gasteiger partial charge in [-0.2, -0.15) is 5.10 Å². The largest absolute Gasteiger partial charge is 0.479 e. The highest BCUT2D eigenvalue weighted by Gasteiger charge is 2.30. The Morgan fingerprint density at radius 3 is 2.38 bits per heavy atom. The second kappa shape index (κ2) is 6.56. The predicted octanol–water partition coefficient (Wildman–Crippen LogP) is 1.98. The topological polar surface area (TPSA) is 118 Å². The maximum Gasteiger partial charge on any atom is 0.331 e. The second-order valence-electron chi connectivity index (χ2n) is 6.68. The van der Waals surface area contributed by atoms with Crippen LogP contribution in [-0.2, 0) is 20.2 Å². The van der Waals surface area contributed by atoms with Crippen molar-refractivity contribution in [1.29, 1.82) is 0 Å². The molecule has 0 aliphatic carbocycles. The number of amides is 1. The fourth-order valence-corrected chi connectivity index (χ4v) is 2.99. The molecule has 0 atom stereocenters. The number of nitrogens with one attached hydrogen (secondary N) is 1. The Morgan fingerprint density at radius 1 is 1.23 bits per heavy atom. The van der Waals surface area contributed by atoms with Gasteiger partial charge in [-0.1, -0.05) is 0 Å². The maximum absolute atomic E-state index is 12.6. The van der Waals surface area contributed by atoms with Crippen molar-refractivity contribution < 1.29 is 23.1 Å². The van der Waals surface area contributed by atoms with E-state index in [1.165, 1.54) is 43.1 Å². The minimum atomic E-state index is -3.46. The number of carbonyl (C=O) groups is 2. The van der Waals surface area contributed by atoms with Crippen LogP contribution < -0.4 is 5.32 Å². The van der Waals surface area contributed by atoms with E-state index in [0.717, 1.165) is 6.26 Å². The van der Waals surface area contributed by atoms with Crippen molar-refractivity contribution in [3.8, 4) is 0 Å². The smallest absolute Gasteiger partial charge is 0.331 e. The van der Waals surface area contributed by atoms with Gasteiger partial charge in [-0.15, -0.1) is 0 Å². The van der Waals surface area contributed by atoms with Crippen molar-refractivity contribution in [2.45, 2.75) is 38.1 Å². The first-order chi connectivity index (χ1) is 11.8. The number of rotatable bonds is 5. The molecule has 1 amide bonds. The molecule has 1 aromatic heterocycles. The van der Waals surface area contributed by atoms with Crippen molar-refractivity contribution in [3.63, 3.8) is 0 Å². The minimum absolute atomic E-state index is 0.0634. The van der Waals surface area contributed by atoms with Crippen molar-refractivity contribution in [2.75, 3.05) is 11.6 Å². The molecule has 0 saturated heterocycles. The van der Waals surface area contributed by atoms with Crippen LogP contribution in [0, 0.1) is 13.8 Å². The zero-order valence-corrected chi connectivity index (χ0v) is 16.0. The third-order valence-electron chi connectivity index (χ3n) is 4.25. The lowest BCUT2D eigenvalue weighted by molar-refractivity contribution is -0.146. The van der Waals surface area contributed by atoms with E-state index < -0.39 is 27.3 Å². The van der Waals surface area contributed by atoms with Crippen molar-refractivity contribution in [1.82, 2.24) is 9.78 Å². The summed E-state index contributed by atoms with van der Waals surface area (Å²) in [5.41, 5.74) is 0.613. The highest BCUT2D eigenvalue weighted by molar-refractivity contribution is 7.90. The molecule has 0 unspecified atom stereocenters. The third kappa shape index (κ3) is 3.77. The van der Waals surface area contributed by atoms with Crippen LogP contribution in [0.15, 0.2) is 29.4 Å². The van der Waals surface area contributed by atoms with Crippen LogP contribution >= 0.6 is 0 Å². The van der Waals surface area contributed by atoms with Gasteiger partial charge in [0.1, 0.15) is 0 Å². The lowest BCUT2D eigenvalue weighted by atomic mass is 10.0. The van der Waals surface area contributed by atoms with Crippen LogP contribution in [-0.4, -0.2) is 41.4 Å². The van der Waals surface area contributed by atoms with Crippen LogP contribution in [0.3, 0.4) is 0 Å². The lowest BCUT2D eigenvalue weighted by Gasteiger charge is -2.19. The number of aryl methyl sites for hydroxylation is 1. The van der Waals surface area contributed by atoms with Gasteiger partial charge in [0.2, 0.25) is 0 Å². The van der Waals surface area contributed by atoms with Gasteiger partial charge < -0.3 is 10.4 Å². The molecule has 1 heterocycles. The fourth-order valence-electron chi connectivity index (χ4n) is 2.27. The molecule has 0 saturated carbocycles. The molecule has 140 valence electrons. The summed E-state index contributed by atoms with van der Waals surface area (Å²) in [6.07, 6.45) is 3.83. The first-order valence-corrected chi connectivity index (χ1v) is 9.64. The molecule has 2 rings (SSSR count). The first kappa shape index (κ1) is 19.6. The number of anilines is 1. The summed E-state index contributed by atoms with van der Waals surface area (Å²) in [6, 6.07) is 2.85. The Labute approximate surface area is 151 Å². The van der Waals surface area contributed by atoms with Crippen molar-refractivity contribution in [2.24, 2.45) is 0 Å². The molecule has 2 N–H and O–H groups in total. The minimum Gasteiger partial charge on any atom is -0.479 e. The lowest BCUT2D eigenvalue weighted by Crippen LogP contribution is -2.35. The molecule has 1 aromatic carbocycles. The fraction of sp³-hybridized carbons (Fsp3) is 0.353. The summed E-state index contributed by atoms with van der Waals surface area (Å²) in [6.45, 7) is 6.43. The van der Waals surface area contributed by atoms with E-state index >= 15 is 0 Å². The quantitative estimate of drug-likeness (QED) is 0.820. The van der Waals surface area contributed by atoms with Gasteiger partial charge in [-0.05, 0) is 51.0 Å². The van der Waals surface area contributed by atoms with Crippen LogP contribution in [0.4, 0.5) is 5.69 Å². The molecule has 8 nitrogen and oxygen atoms in total. The summed E-state index contributed by atoms with van der Waals surface area (Å²) in [4.78, 5) is 23.9. The number of hydrogen-bond acceptors (Lipinski definition) is 5. The molecule has 0 fully saturated rings. The van der Waals surface area contributed by atoms with E-state index in [9.17, 15) is 23.1 Å².